The predicted molar refractivity (Wildman–Crippen MR) is 122 cm³/mol. The molecule has 1 amide bonds. The number of benzene rings is 2. The van der Waals surface area contributed by atoms with Crippen LogP contribution in [0.4, 0.5) is 4.39 Å². The van der Waals surface area contributed by atoms with E-state index in [1.165, 1.54) is 30.0 Å². The highest BCUT2D eigenvalue weighted by Crippen LogP contribution is 2.26. The molecular weight excluding hydrogens is 431 g/mol. The number of halogens is 1. The van der Waals surface area contributed by atoms with Crippen molar-refractivity contribution in [3.63, 3.8) is 0 Å². The molecule has 1 N–H and O–H groups in total. The molecule has 32 heavy (non-hydrogen) atoms. The summed E-state index contributed by atoms with van der Waals surface area (Å²) < 4.78 is 26.9. The van der Waals surface area contributed by atoms with Gasteiger partial charge in [0.1, 0.15) is 5.82 Å². The fraction of sp³-hybridized carbons (Fsp3) is 0.261. The van der Waals surface area contributed by atoms with E-state index >= 15 is 0 Å². The van der Waals surface area contributed by atoms with Crippen LogP contribution in [0.15, 0.2) is 66.3 Å². The van der Waals surface area contributed by atoms with Gasteiger partial charge in [-0.25, -0.2) is 4.39 Å². The Morgan fingerprint density at radius 2 is 1.94 bits per heavy atom. The van der Waals surface area contributed by atoms with Crippen molar-refractivity contribution in [1.29, 1.82) is 0 Å². The van der Waals surface area contributed by atoms with Gasteiger partial charge in [-0.15, -0.1) is 16.8 Å². The van der Waals surface area contributed by atoms with Crippen LogP contribution in [-0.2, 0) is 6.54 Å². The van der Waals surface area contributed by atoms with Crippen molar-refractivity contribution >= 4 is 17.7 Å². The third-order valence-electron chi connectivity index (χ3n) is 4.55. The molecule has 9 heteroatoms. The summed E-state index contributed by atoms with van der Waals surface area (Å²) in [6.07, 6.45) is 1.73. The van der Waals surface area contributed by atoms with E-state index in [1.54, 1.807) is 26.2 Å². The van der Waals surface area contributed by atoms with Crippen LogP contribution in [0.2, 0.25) is 0 Å². The van der Waals surface area contributed by atoms with Gasteiger partial charge in [-0.2, -0.15) is 0 Å². The Labute approximate surface area is 190 Å². The molecule has 0 saturated carbocycles. The first-order valence-electron chi connectivity index (χ1n) is 10.0. The maximum atomic E-state index is 13.9. The van der Waals surface area contributed by atoms with Crippen molar-refractivity contribution in [2.45, 2.75) is 24.7 Å². The summed E-state index contributed by atoms with van der Waals surface area (Å²) in [5, 5.41) is 12.0. The number of rotatable bonds is 11. The summed E-state index contributed by atoms with van der Waals surface area (Å²) >= 11 is 1.48. The number of allylic oxidation sites excluding steroid dienone is 1. The fourth-order valence-electron chi connectivity index (χ4n) is 3.03. The van der Waals surface area contributed by atoms with Crippen LogP contribution in [0.5, 0.6) is 11.5 Å². The number of aromatic nitrogens is 3. The SMILES string of the molecule is C=CCn1c(SCCOc2ccccc2OC)nnc1C(C)NC(=O)c1ccccc1F. The lowest BCUT2D eigenvalue weighted by molar-refractivity contribution is 0.0933. The number of thioether (sulfide) groups is 1. The summed E-state index contributed by atoms with van der Waals surface area (Å²) in [5.74, 6) is 1.45. The highest BCUT2D eigenvalue weighted by molar-refractivity contribution is 7.99. The molecule has 7 nitrogen and oxygen atoms in total. The summed E-state index contributed by atoms with van der Waals surface area (Å²) in [5.41, 5.74) is -0.0165. The van der Waals surface area contributed by atoms with Gasteiger partial charge in [-0.3, -0.25) is 4.79 Å². The molecule has 0 aliphatic carbocycles. The first-order valence-corrected chi connectivity index (χ1v) is 11.0. The fourth-order valence-corrected chi connectivity index (χ4v) is 3.81. The van der Waals surface area contributed by atoms with Crippen molar-refractivity contribution in [3.05, 3.63) is 78.4 Å². The van der Waals surface area contributed by atoms with Crippen LogP contribution >= 0.6 is 11.8 Å². The van der Waals surface area contributed by atoms with E-state index in [9.17, 15) is 9.18 Å². The maximum Gasteiger partial charge on any atom is 0.254 e. The molecule has 0 aliphatic rings. The average Bonchev–Trinajstić information content (AvgIpc) is 3.20. The summed E-state index contributed by atoms with van der Waals surface area (Å²) in [7, 11) is 1.60. The van der Waals surface area contributed by atoms with Crippen molar-refractivity contribution in [2.24, 2.45) is 0 Å². The van der Waals surface area contributed by atoms with Crippen LogP contribution in [-0.4, -0.2) is 40.1 Å². The quantitative estimate of drug-likeness (QED) is 0.264. The number of para-hydroxylation sites is 2. The number of ether oxygens (including phenoxy) is 2. The van der Waals surface area contributed by atoms with E-state index in [2.05, 4.69) is 22.1 Å². The standard InChI is InChI=1S/C23H25FN4O3S/c1-4-13-28-21(16(2)25-22(29)17-9-5-6-10-18(17)24)26-27-23(28)32-15-14-31-20-12-8-7-11-19(20)30-3/h4-12,16H,1,13-15H2,2-3H3,(H,25,29). The molecule has 1 unspecified atom stereocenters. The minimum atomic E-state index is -0.573. The molecule has 0 spiro atoms. The lowest BCUT2D eigenvalue weighted by atomic mass is 10.2. The van der Waals surface area contributed by atoms with Crippen molar-refractivity contribution in [3.8, 4) is 11.5 Å². The van der Waals surface area contributed by atoms with Crippen molar-refractivity contribution in [2.75, 3.05) is 19.5 Å². The number of amides is 1. The molecule has 1 heterocycles. The lowest BCUT2D eigenvalue weighted by Gasteiger charge is -2.15. The Morgan fingerprint density at radius 3 is 2.66 bits per heavy atom. The molecule has 0 saturated heterocycles. The number of nitrogens with one attached hydrogen (secondary N) is 1. The highest BCUT2D eigenvalue weighted by Gasteiger charge is 2.21. The Hall–Kier alpha value is -3.33. The van der Waals surface area contributed by atoms with Gasteiger partial charge in [0.15, 0.2) is 22.5 Å². The molecule has 0 radical (unpaired) electrons. The van der Waals surface area contributed by atoms with Gasteiger partial charge in [-0.1, -0.05) is 42.1 Å². The Kier molecular flexibility index (Phi) is 8.27. The molecule has 2 aromatic carbocycles. The van der Waals surface area contributed by atoms with Crippen LogP contribution in [0.1, 0.15) is 29.1 Å². The van der Waals surface area contributed by atoms with E-state index in [4.69, 9.17) is 9.47 Å². The van der Waals surface area contributed by atoms with E-state index < -0.39 is 17.8 Å². The zero-order valence-corrected chi connectivity index (χ0v) is 18.8. The maximum absolute atomic E-state index is 13.9. The Morgan fingerprint density at radius 1 is 1.22 bits per heavy atom. The molecular formula is C23H25FN4O3S. The molecule has 168 valence electrons. The number of hydrogen-bond donors (Lipinski definition) is 1. The van der Waals surface area contributed by atoms with Gasteiger partial charge in [0.2, 0.25) is 0 Å². The van der Waals surface area contributed by atoms with Gasteiger partial charge >= 0.3 is 0 Å². The lowest BCUT2D eigenvalue weighted by Crippen LogP contribution is -2.29. The predicted octanol–water partition coefficient (Wildman–Crippen LogP) is 4.27. The minimum absolute atomic E-state index is 0.0165. The number of carbonyl (C=O) groups excluding carboxylic acids is 1. The molecule has 1 atom stereocenters. The van der Waals surface area contributed by atoms with Crippen LogP contribution in [0.3, 0.4) is 0 Å². The van der Waals surface area contributed by atoms with Gasteiger partial charge in [0.05, 0.1) is 25.3 Å². The molecule has 3 aromatic rings. The third-order valence-corrected chi connectivity index (χ3v) is 5.48. The molecule has 0 fully saturated rings. The molecule has 0 bridgehead atoms. The van der Waals surface area contributed by atoms with Crippen LogP contribution in [0, 0.1) is 5.82 Å². The number of carbonyl (C=O) groups is 1. The summed E-state index contributed by atoms with van der Waals surface area (Å²) in [6, 6.07) is 12.8. The molecule has 0 aliphatic heterocycles. The topological polar surface area (TPSA) is 78.3 Å². The van der Waals surface area contributed by atoms with Gasteiger partial charge in [0, 0.05) is 12.3 Å². The van der Waals surface area contributed by atoms with Crippen molar-refractivity contribution < 1.29 is 18.7 Å². The minimum Gasteiger partial charge on any atom is -0.493 e. The van der Waals surface area contributed by atoms with Crippen LogP contribution in [0.25, 0.3) is 0 Å². The second-order valence-corrected chi connectivity index (χ2v) is 7.82. The van der Waals surface area contributed by atoms with E-state index in [1.807, 2.05) is 28.8 Å². The zero-order chi connectivity index (χ0) is 22.9. The third kappa shape index (κ3) is 5.67. The van der Waals surface area contributed by atoms with Gasteiger partial charge in [-0.05, 0) is 31.2 Å². The largest absolute Gasteiger partial charge is 0.493 e. The Balaban J connectivity index is 1.63. The second-order valence-electron chi connectivity index (χ2n) is 6.76. The monoisotopic (exact) mass is 456 g/mol. The van der Waals surface area contributed by atoms with E-state index in [-0.39, 0.29) is 5.56 Å². The number of hydrogen-bond acceptors (Lipinski definition) is 6. The van der Waals surface area contributed by atoms with Gasteiger partial charge in [0.25, 0.3) is 5.91 Å². The first kappa shape index (κ1) is 23.3. The van der Waals surface area contributed by atoms with E-state index in [0.29, 0.717) is 41.4 Å². The summed E-state index contributed by atoms with van der Waals surface area (Å²) in [6.45, 7) is 6.49. The molecule has 1 aromatic heterocycles. The first-order chi connectivity index (χ1) is 15.5. The smallest absolute Gasteiger partial charge is 0.254 e. The van der Waals surface area contributed by atoms with E-state index in [0.717, 1.165) is 0 Å². The Bertz CT molecular complexity index is 1070. The van der Waals surface area contributed by atoms with Crippen LogP contribution < -0.4 is 14.8 Å². The second kappa shape index (κ2) is 11.3. The molecule has 3 rings (SSSR count). The van der Waals surface area contributed by atoms with Gasteiger partial charge < -0.3 is 19.4 Å². The summed E-state index contributed by atoms with van der Waals surface area (Å²) in [4.78, 5) is 12.5. The number of nitrogens with zero attached hydrogens (tertiary/aromatic N) is 3. The van der Waals surface area contributed by atoms with Crippen molar-refractivity contribution in [1.82, 2.24) is 20.1 Å². The number of methoxy groups -OCH3 is 1. The highest BCUT2D eigenvalue weighted by atomic mass is 32.2. The normalized spacial score (nSPS) is 11.6. The average molecular weight is 457 g/mol. The zero-order valence-electron chi connectivity index (χ0n) is 18.0.